The number of carbonyl (C=O) groups excluding carboxylic acids is 1. The summed E-state index contributed by atoms with van der Waals surface area (Å²) in [5.41, 5.74) is 1.38. The predicted octanol–water partition coefficient (Wildman–Crippen LogP) is 2.30. The van der Waals surface area contributed by atoms with E-state index in [-0.39, 0.29) is 11.9 Å². The number of furan rings is 1. The molecule has 0 unspecified atom stereocenters. The van der Waals surface area contributed by atoms with Gasteiger partial charge >= 0.3 is 0 Å². The summed E-state index contributed by atoms with van der Waals surface area (Å²) in [7, 11) is 0. The maximum Gasteiger partial charge on any atom is 0.257 e. The Bertz CT molecular complexity index is 778. The van der Waals surface area contributed by atoms with Gasteiger partial charge in [0.25, 0.3) is 5.91 Å². The molecule has 21 heavy (non-hydrogen) atoms. The van der Waals surface area contributed by atoms with Crippen molar-refractivity contribution in [2.45, 2.75) is 18.9 Å². The Morgan fingerprint density at radius 3 is 3.10 bits per heavy atom. The zero-order valence-corrected chi connectivity index (χ0v) is 11.3. The van der Waals surface area contributed by atoms with Crippen molar-refractivity contribution in [2.24, 2.45) is 0 Å². The molecule has 1 aliphatic heterocycles. The highest BCUT2D eigenvalue weighted by Crippen LogP contribution is 2.32. The van der Waals surface area contributed by atoms with Crippen LogP contribution in [-0.4, -0.2) is 31.9 Å². The molecule has 106 valence electrons. The van der Waals surface area contributed by atoms with Gasteiger partial charge in [-0.15, -0.1) is 10.2 Å². The first-order chi connectivity index (χ1) is 10.3. The summed E-state index contributed by atoms with van der Waals surface area (Å²) in [6, 6.07) is 7.44. The summed E-state index contributed by atoms with van der Waals surface area (Å²) < 4.78 is 6.96. The third-order valence-electron chi connectivity index (χ3n) is 3.92. The van der Waals surface area contributed by atoms with E-state index in [1.165, 1.54) is 12.5 Å². The minimum Gasteiger partial charge on any atom is -0.472 e. The van der Waals surface area contributed by atoms with Crippen LogP contribution in [0.25, 0.3) is 5.65 Å². The Morgan fingerprint density at radius 2 is 2.24 bits per heavy atom. The van der Waals surface area contributed by atoms with Crippen molar-refractivity contribution in [3.63, 3.8) is 0 Å². The van der Waals surface area contributed by atoms with E-state index in [2.05, 4.69) is 10.2 Å². The molecule has 4 rings (SSSR count). The van der Waals surface area contributed by atoms with Gasteiger partial charge in [-0.05, 0) is 31.0 Å². The van der Waals surface area contributed by atoms with Crippen LogP contribution < -0.4 is 0 Å². The number of likely N-dealkylation sites (tertiary alicyclic amines) is 1. The molecule has 0 bridgehead atoms. The largest absolute Gasteiger partial charge is 0.472 e. The van der Waals surface area contributed by atoms with E-state index in [0.717, 1.165) is 30.9 Å². The molecule has 1 fully saturated rings. The van der Waals surface area contributed by atoms with Gasteiger partial charge in [-0.1, -0.05) is 6.07 Å². The van der Waals surface area contributed by atoms with Crippen LogP contribution in [0.15, 0.2) is 47.4 Å². The number of pyridine rings is 1. The summed E-state index contributed by atoms with van der Waals surface area (Å²) in [5.74, 6) is 0.805. The molecule has 0 saturated carbocycles. The standard InChI is InChI=1S/C15H14N4O2/c20-15(11-6-9-21-10-11)18-8-3-4-12(18)14-17-16-13-5-1-2-7-19(13)14/h1-2,5-7,9-10,12H,3-4,8H2/t12-/m1/s1. The normalized spacial score (nSPS) is 18.5. The summed E-state index contributed by atoms with van der Waals surface area (Å²) >= 11 is 0. The van der Waals surface area contributed by atoms with E-state index >= 15 is 0 Å². The van der Waals surface area contributed by atoms with E-state index in [1.54, 1.807) is 6.07 Å². The lowest BCUT2D eigenvalue weighted by Gasteiger charge is -2.22. The van der Waals surface area contributed by atoms with Crippen molar-refractivity contribution in [3.8, 4) is 0 Å². The summed E-state index contributed by atoms with van der Waals surface area (Å²) in [6.45, 7) is 0.733. The van der Waals surface area contributed by atoms with Crippen molar-refractivity contribution in [1.82, 2.24) is 19.5 Å². The number of nitrogens with zero attached hydrogens (tertiary/aromatic N) is 4. The fourth-order valence-electron chi connectivity index (χ4n) is 2.92. The Kier molecular flexibility index (Phi) is 2.73. The highest BCUT2D eigenvalue weighted by atomic mass is 16.3. The first-order valence-electron chi connectivity index (χ1n) is 6.97. The van der Waals surface area contributed by atoms with Crippen molar-refractivity contribution < 1.29 is 9.21 Å². The van der Waals surface area contributed by atoms with Gasteiger partial charge in [0.1, 0.15) is 6.26 Å². The lowest BCUT2D eigenvalue weighted by molar-refractivity contribution is 0.0728. The average Bonchev–Trinajstić information content (AvgIpc) is 3.25. The van der Waals surface area contributed by atoms with Crippen molar-refractivity contribution in [3.05, 3.63) is 54.4 Å². The molecule has 6 nitrogen and oxygen atoms in total. The molecule has 1 atom stereocenters. The van der Waals surface area contributed by atoms with Crippen molar-refractivity contribution >= 4 is 11.6 Å². The summed E-state index contributed by atoms with van der Waals surface area (Å²) in [5, 5.41) is 8.46. The lowest BCUT2D eigenvalue weighted by atomic mass is 10.2. The SMILES string of the molecule is O=C(c1ccoc1)N1CCC[C@@H]1c1nnc2ccccn12. The van der Waals surface area contributed by atoms with Crippen LogP contribution in [0, 0.1) is 0 Å². The summed E-state index contributed by atoms with van der Waals surface area (Å²) in [6.07, 6.45) is 6.81. The van der Waals surface area contributed by atoms with Gasteiger partial charge in [0.2, 0.25) is 0 Å². The van der Waals surface area contributed by atoms with Gasteiger partial charge in [-0.2, -0.15) is 0 Å². The van der Waals surface area contributed by atoms with Gasteiger partial charge in [-0.3, -0.25) is 9.20 Å². The first-order valence-corrected chi connectivity index (χ1v) is 6.97. The molecule has 4 heterocycles. The number of carbonyl (C=O) groups is 1. The molecule has 0 aromatic carbocycles. The molecule has 3 aromatic heterocycles. The topological polar surface area (TPSA) is 63.6 Å². The van der Waals surface area contributed by atoms with Crippen LogP contribution >= 0.6 is 0 Å². The van der Waals surface area contributed by atoms with Crippen LogP contribution in [0.1, 0.15) is 35.1 Å². The monoisotopic (exact) mass is 282 g/mol. The van der Waals surface area contributed by atoms with Crippen LogP contribution in [0.3, 0.4) is 0 Å². The molecule has 1 amide bonds. The highest BCUT2D eigenvalue weighted by molar-refractivity contribution is 5.94. The number of rotatable bonds is 2. The van der Waals surface area contributed by atoms with Gasteiger partial charge in [0.15, 0.2) is 11.5 Å². The molecule has 0 aliphatic carbocycles. The van der Waals surface area contributed by atoms with Gasteiger partial charge in [0.05, 0.1) is 17.9 Å². The third kappa shape index (κ3) is 1.91. The van der Waals surface area contributed by atoms with Crippen molar-refractivity contribution in [1.29, 1.82) is 0 Å². The second kappa shape index (κ2) is 4.73. The number of amides is 1. The number of aromatic nitrogens is 3. The predicted molar refractivity (Wildman–Crippen MR) is 74.7 cm³/mol. The number of hydrogen-bond donors (Lipinski definition) is 0. The molecule has 6 heteroatoms. The molecule has 1 aliphatic rings. The Balaban J connectivity index is 1.72. The van der Waals surface area contributed by atoms with Gasteiger partial charge in [0, 0.05) is 12.7 Å². The average molecular weight is 282 g/mol. The van der Waals surface area contributed by atoms with E-state index in [0.29, 0.717) is 5.56 Å². The maximum atomic E-state index is 12.6. The molecule has 0 N–H and O–H groups in total. The van der Waals surface area contributed by atoms with E-state index in [4.69, 9.17) is 4.42 Å². The van der Waals surface area contributed by atoms with Crippen LogP contribution in [0.5, 0.6) is 0 Å². The number of fused-ring (bicyclic) bond motifs is 1. The van der Waals surface area contributed by atoms with Gasteiger partial charge in [-0.25, -0.2) is 0 Å². The second-order valence-electron chi connectivity index (χ2n) is 5.16. The molecule has 1 saturated heterocycles. The Morgan fingerprint density at radius 1 is 1.29 bits per heavy atom. The van der Waals surface area contributed by atoms with Crippen LogP contribution in [0.2, 0.25) is 0 Å². The Hall–Kier alpha value is -2.63. The molecule has 3 aromatic rings. The third-order valence-corrected chi connectivity index (χ3v) is 3.92. The minimum absolute atomic E-state index is 0.0149. The fraction of sp³-hybridized carbons (Fsp3) is 0.267. The fourth-order valence-corrected chi connectivity index (χ4v) is 2.92. The van der Waals surface area contributed by atoms with E-state index in [1.807, 2.05) is 33.7 Å². The van der Waals surface area contributed by atoms with E-state index < -0.39 is 0 Å². The molecule has 0 radical (unpaired) electrons. The molecular formula is C15H14N4O2. The zero-order chi connectivity index (χ0) is 14.2. The quantitative estimate of drug-likeness (QED) is 0.723. The van der Waals surface area contributed by atoms with Crippen molar-refractivity contribution in [2.75, 3.05) is 6.54 Å². The summed E-state index contributed by atoms with van der Waals surface area (Å²) in [4.78, 5) is 14.4. The Labute approximate surface area is 121 Å². The van der Waals surface area contributed by atoms with Crippen LogP contribution in [-0.2, 0) is 0 Å². The first kappa shape index (κ1) is 12.1. The molecular weight excluding hydrogens is 268 g/mol. The van der Waals surface area contributed by atoms with Gasteiger partial charge < -0.3 is 9.32 Å². The smallest absolute Gasteiger partial charge is 0.257 e. The molecule has 0 spiro atoms. The second-order valence-corrected chi connectivity index (χ2v) is 5.16. The zero-order valence-electron chi connectivity index (χ0n) is 11.3. The number of hydrogen-bond acceptors (Lipinski definition) is 4. The van der Waals surface area contributed by atoms with E-state index in [9.17, 15) is 4.79 Å². The maximum absolute atomic E-state index is 12.6. The lowest BCUT2D eigenvalue weighted by Crippen LogP contribution is -2.31. The van der Waals surface area contributed by atoms with Crippen LogP contribution in [0.4, 0.5) is 0 Å². The highest BCUT2D eigenvalue weighted by Gasteiger charge is 2.33. The minimum atomic E-state index is -0.0372.